The summed E-state index contributed by atoms with van der Waals surface area (Å²) in [5.74, 6) is 0. The smallest absolute Gasteiger partial charge is 0.0540 e. The van der Waals surface area contributed by atoms with Crippen molar-refractivity contribution < 1.29 is 0 Å². The van der Waals surface area contributed by atoms with Crippen molar-refractivity contribution in [3.63, 3.8) is 0 Å². The molecule has 0 spiro atoms. The number of anilines is 15. The zero-order valence-electron chi connectivity index (χ0n) is 45.8. The lowest BCUT2D eigenvalue weighted by atomic mass is 9.96. The van der Waals surface area contributed by atoms with Gasteiger partial charge in [0.25, 0.3) is 0 Å². The molecule has 0 heterocycles. The minimum absolute atomic E-state index is 1.01. The zero-order chi connectivity index (χ0) is 55.6. The summed E-state index contributed by atoms with van der Waals surface area (Å²) >= 11 is 0. The SMILES string of the molecule is c1ccc(N(c2ccccc2)c2cc(-c3ccccc3N(c3ccccc3)c3ccccc3-c3cc(N(c4ccccc4)c4ccccc4)cc(N(c4ccccc4)c4ccccc4)c3)cc(N(c3ccccc3)c3ccccc3)c2)cc1. The van der Waals surface area contributed by atoms with Crippen LogP contribution in [0, 0.1) is 0 Å². The van der Waals surface area contributed by atoms with Crippen LogP contribution in [0.1, 0.15) is 0 Å². The van der Waals surface area contributed by atoms with Crippen molar-refractivity contribution in [1.82, 2.24) is 0 Å². The van der Waals surface area contributed by atoms with Crippen LogP contribution in [0.3, 0.4) is 0 Å². The summed E-state index contributed by atoms with van der Waals surface area (Å²) in [7, 11) is 0. The van der Waals surface area contributed by atoms with Crippen LogP contribution in [-0.2, 0) is 0 Å². The second-order valence-corrected chi connectivity index (χ2v) is 20.2. The average Bonchev–Trinajstić information content (AvgIpc) is 3.71. The molecule has 0 aliphatic rings. The van der Waals surface area contributed by atoms with Gasteiger partial charge in [-0.3, -0.25) is 0 Å². The molecule has 0 bridgehead atoms. The summed E-state index contributed by atoms with van der Waals surface area (Å²) in [5.41, 5.74) is 19.8. The fourth-order valence-corrected chi connectivity index (χ4v) is 11.2. The molecule has 0 amide bonds. The normalized spacial score (nSPS) is 10.9. The van der Waals surface area contributed by atoms with Gasteiger partial charge in [0.15, 0.2) is 0 Å². The van der Waals surface area contributed by atoms with Crippen LogP contribution in [0.25, 0.3) is 22.3 Å². The number of nitrogens with zero attached hydrogens (tertiary/aromatic N) is 5. The van der Waals surface area contributed by atoms with Gasteiger partial charge in [0.1, 0.15) is 0 Å². The Kier molecular flexibility index (Phi) is 14.9. The van der Waals surface area contributed by atoms with E-state index in [-0.39, 0.29) is 0 Å². The Balaban J connectivity index is 1.06. The fraction of sp³-hybridized carbons (Fsp3) is 0. The minimum Gasteiger partial charge on any atom is -0.310 e. The average molecular weight is 1070 g/mol. The van der Waals surface area contributed by atoms with E-state index in [4.69, 9.17) is 0 Å². The lowest BCUT2D eigenvalue weighted by Crippen LogP contribution is -2.15. The van der Waals surface area contributed by atoms with Gasteiger partial charge in [0.2, 0.25) is 0 Å². The molecular formula is C78H59N5. The van der Waals surface area contributed by atoms with E-state index >= 15 is 0 Å². The molecular weight excluding hydrogens is 1010 g/mol. The molecule has 13 aromatic rings. The number of para-hydroxylation sites is 11. The van der Waals surface area contributed by atoms with Gasteiger partial charge in [-0.1, -0.05) is 200 Å². The molecule has 13 rings (SSSR count). The van der Waals surface area contributed by atoms with Crippen LogP contribution in [0.2, 0.25) is 0 Å². The molecule has 13 aromatic carbocycles. The topological polar surface area (TPSA) is 16.2 Å². The molecule has 5 nitrogen and oxygen atoms in total. The lowest BCUT2D eigenvalue weighted by molar-refractivity contribution is 1.24. The first-order valence-electron chi connectivity index (χ1n) is 28.2. The predicted molar refractivity (Wildman–Crippen MR) is 351 cm³/mol. The Morgan fingerprint density at radius 3 is 0.506 bits per heavy atom. The summed E-state index contributed by atoms with van der Waals surface area (Å²) in [5, 5.41) is 0. The molecule has 83 heavy (non-hydrogen) atoms. The number of benzene rings is 13. The first-order chi connectivity index (χ1) is 41.2. The maximum Gasteiger partial charge on any atom is 0.0540 e. The number of rotatable bonds is 17. The van der Waals surface area contributed by atoms with Gasteiger partial charge >= 0.3 is 0 Å². The molecule has 396 valence electrons. The fourth-order valence-electron chi connectivity index (χ4n) is 11.2. The Bertz CT molecular complexity index is 3570. The molecule has 0 radical (unpaired) electrons. The molecule has 0 unspecified atom stereocenters. The van der Waals surface area contributed by atoms with Crippen LogP contribution < -0.4 is 24.5 Å². The standard InChI is InChI=1S/C78H59N5/c1-10-32-62(33-11-1)79(63-34-12-2-13-35-63)71-54-60(55-72(58-71)80(64-36-14-3-15-37-64)65-38-16-4-17-39-65)75-50-28-30-52-77(75)83(70-48-26-9-27-49-70)78-53-31-29-51-76(78)61-56-73(81(66-40-18-5-19-41-66)67-42-20-6-21-43-67)59-74(57-61)82(68-44-22-7-23-45-68)69-46-24-8-25-47-69/h1-59H. The van der Waals surface area contributed by atoms with Gasteiger partial charge in [-0.2, -0.15) is 0 Å². The van der Waals surface area contributed by atoms with Gasteiger partial charge in [0, 0.05) is 85.1 Å². The molecule has 0 aromatic heterocycles. The molecule has 0 saturated heterocycles. The first-order valence-corrected chi connectivity index (χ1v) is 28.2. The van der Waals surface area contributed by atoms with Gasteiger partial charge in [-0.25, -0.2) is 0 Å². The van der Waals surface area contributed by atoms with Gasteiger partial charge in [-0.05, 0) is 169 Å². The quantitative estimate of drug-likeness (QED) is 0.0901. The van der Waals surface area contributed by atoms with Crippen molar-refractivity contribution in [2.24, 2.45) is 0 Å². The van der Waals surface area contributed by atoms with E-state index in [2.05, 4.69) is 382 Å². The monoisotopic (exact) mass is 1070 g/mol. The summed E-state index contributed by atoms with van der Waals surface area (Å²) in [6, 6.07) is 128. The van der Waals surface area contributed by atoms with E-state index in [1.807, 2.05) is 0 Å². The van der Waals surface area contributed by atoms with Crippen LogP contribution >= 0.6 is 0 Å². The van der Waals surface area contributed by atoms with Crippen molar-refractivity contribution in [3.05, 3.63) is 358 Å². The van der Waals surface area contributed by atoms with Gasteiger partial charge in [0.05, 0.1) is 11.4 Å². The summed E-state index contributed by atoms with van der Waals surface area (Å²) in [4.78, 5) is 11.9. The number of hydrogen-bond donors (Lipinski definition) is 0. The van der Waals surface area contributed by atoms with E-state index in [1.54, 1.807) is 0 Å². The van der Waals surface area contributed by atoms with E-state index in [0.29, 0.717) is 0 Å². The van der Waals surface area contributed by atoms with E-state index in [0.717, 1.165) is 108 Å². The largest absolute Gasteiger partial charge is 0.310 e. The van der Waals surface area contributed by atoms with Crippen molar-refractivity contribution in [2.45, 2.75) is 0 Å². The maximum absolute atomic E-state index is 2.44. The Morgan fingerprint density at radius 1 is 0.133 bits per heavy atom. The highest BCUT2D eigenvalue weighted by Gasteiger charge is 2.26. The van der Waals surface area contributed by atoms with Crippen LogP contribution in [0.5, 0.6) is 0 Å². The zero-order valence-corrected chi connectivity index (χ0v) is 45.8. The Morgan fingerprint density at radius 2 is 0.301 bits per heavy atom. The summed E-state index contributed by atoms with van der Waals surface area (Å²) in [6.07, 6.45) is 0. The molecule has 0 saturated carbocycles. The lowest BCUT2D eigenvalue weighted by Gasteiger charge is -2.33. The third-order valence-electron chi connectivity index (χ3n) is 14.9. The van der Waals surface area contributed by atoms with Crippen LogP contribution in [-0.4, -0.2) is 0 Å². The third-order valence-corrected chi connectivity index (χ3v) is 14.9. The second kappa shape index (κ2) is 24.1. The Labute approximate surface area is 487 Å². The van der Waals surface area contributed by atoms with Gasteiger partial charge < -0.3 is 24.5 Å². The van der Waals surface area contributed by atoms with E-state index in [9.17, 15) is 0 Å². The number of hydrogen-bond acceptors (Lipinski definition) is 5. The summed E-state index contributed by atoms with van der Waals surface area (Å²) in [6.45, 7) is 0. The molecule has 5 heteroatoms. The van der Waals surface area contributed by atoms with Crippen molar-refractivity contribution in [3.8, 4) is 22.3 Å². The highest BCUT2D eigenvalue weighted by atomic mass is 15.2. The molecule has 0 N–H and O–H groups in total. The van der Waals surface area contributed by atoms with E-state index in [1.165, 1.54) is 0 Å². The highest BCUT2D eigenvalue weighted by Crippen LogP contribution is 2.50. The van der Waals surface area contributed by atoms with Gasteiger partial charge in [-0.15, -0.1) is 0 Å². The molecule has 0 aliphatic carbocycles. The third kappa shape index (κ3) is 11.0. The first kappa shape index (κ1) is 51.3. The second-order valence-electron chi connectivity index (χ2n) is 20.2. The van der Waals surface area contributed by atoms with Crippen molar-refractivity contribution in [1.29, 1.82) is 0 Å². The van der Waals surface area contributed by atoms with Crippen molar-refractivity contribution in [2.75, 3.05) is 24.5 Å². The Hall–Kier alpha value is -11.1. The highest BCUT2D eigenvalue weighted by molar-refractivity contribution is 5.98. The predicted octanol–water partition coefficient (Wildman–Crippen LogP) is 22.4. The van der Waals surface area contributed by atoms with Crippen molar-refractivity contribution >= 4 is 85.3 Å². The maximum atomic E-state index is 2.44. The minimum atomic E-state index is 1.01. The molecule has 0 fully saturated rings. The van der Waals surface area contributed by atoms with Crippen LogP contribution in [0.15, 0.2) is 358 Å². The molecule has 0 atom stereocenters. The molecule has 0 aliphatic heterocycles. The van der Waals surface area contributed by atoms with E-state index < -0.39 is 0 Å². The summed E-state index contributed by atoms with van der Waals surface area (Å²) < 4.78 is 0. The van der Waals surface area contributed by atoms with Crippen LogP contribution in [0.4, 0.5) is 85.3 Å².